The largest absolute Gasteiger partial charge is 0.326 e. The Morgan fingerprint density at radius 1 is 1.11 bits per heavy atom. The van der Waals surface area contributed by atoms with Crippen LogP contribution in [0.3, 0.4) is 0 Å². The van der Waals surface area contributed by atoms with Crippen molar-refractivity contribution in [1.29, 1.82) is 0 Å². The zero-order chi connectivity index (χ0) is 13.0. The Labute approximate surface area is 118 Å². The van der Waals surface area contributed by atoms with Gasteiger partial charge in [-0.05, 0) is 37.0 Å². The molecule has 0 aliphatic heterocycles. The molecule has 0 atom stereocenters. The summed E-state index contributed by atoms with van der Waals surface area (Å²) in [5.41, 5.74) is 0.674. The van der Waals surface area contributed by atoms with E-state index >= 15 is 0 Å². The molecule has 1 aromatic rings. The molecular weight excluding hydrogens is 269 g/mol. The molecule has 4 heteroatoms. The zero-order valence-corrected chi connectivity index (χ0v) is 11.7. The molecule has 1 amide bonds. The lowest BCUT2D eigenvalue weighted by Gasteiger charge is -2.20. The number of hydrogen-bond acceptors (Lipinski definition) is 1. The van der Waals surface area contributed by atoms with Gasteiger partial charge >= 0.3 is 0 Å². The van der Waals surface area contributed by atoms with Crippen LogP contribution in [0.4, 0.5) is 5.69 Å². The van der Waals surface area contributed by atoms with Crippen molar-refractivity contribution in [1.82, 2.24) is 0 Å². The first-order valence-corrected chi connectivity index (χ1v) is 7.15. The first-order valence-electron chi connectivity index (χ1n) is 6.39. The molecule has 1 aliphatic carbocycles. The molecular formula is C14H17Cl2NO. The van der Waals surface area contributed by atoms with E-state index < -0.39 is 0 Å². The summed E-state index contributed by atoms with van der Waals surface area (Å²) in [6.45, 7) is 0. The lowest BCUT2D eigenvalue weighted by Crippen LogP contribution is -2.18. The van der Waals surface area contributed by atoms with Gasteiger partial charge in [0.1, 0.15) is 0 Å². The molecule has 98 valence electrons. The number of benzene rings is 1. The number of carbonyl (C=O) groups is 1. The Hall–Kier alpha value is -0.730. The number of halogens is 2. The molecule has 1 saturated carbocycles. The minimum atomic E-state index is 0.0558. The fourth-order valence-corrected chi connectivity index (χ4v) is 3.02. The topological polar surface area (TPSA) is 29.1 Å². The van der Waals surface area contributed by atoms with Crippen molar-refractivity contribution in [2.75, 3.05) is 5.32 Å². The second-order valence-corrected chi connectivity index (χ2v) is 5.79. The van der Waals surface area contributed by atoms with Crippen LogP contribution in [0.15, 0.2) is 18.2 Å². The molecule has 0 unspecified atom stereocenters. The van der Waals surface area contributed by atoms with Crippen molar-refractivity contribution in [3.63, 3.8) is 0 Å². The summed E-state index contributed by atoms with van der Waals surface area (Å²) < 4.78 is 0. The van der Waals surface area contributed by atoms with Crippen LogP contribution >= 0.6 is 23.2 Å². The average Bonchev–Trinajstić information content (AvgIpc) is 2.28. The summed E-state index contributed by atoms with van der Waals surface area (Å²) in [6, 6.07) is 5.08. The summed E-state index contributed by atoms with van der Waals surface area (Å²) in [5, 5.41) is 3.94. The second-order valence-electron chi connectivity index (χ2n) is 4.91. The maximum absolute atomic E-state index is 11.9. The van der Waals surface area contributed by atoms with Crippen molar-refractivity contribution in [3.05, 3.63) is 28.2 Å². The van der Waals surface area contributed by atoms with Gasteiger partial charge in [-0.2, -0.15) is 0 Å². The Balaban J connectivity index is 1.89. The van der Waals surface area contributed by atoms with Crippen LogP contribution in [0.25, 0.3) is 0 Å². The highest BCUT2D eigenvalue weighted by Gasteiger charge is 2.17. The number of amides is 1. The molecule has 1 N–H and O–H groups in total. The maximum atomic E-state index is 11.9. The number of carbonyl (C=O) groups excluding carboxylic acids is 1. The summed E-state index contributed by atoms with van der Waals surface area (Å²) >= 11 is 11.8. The summed E-state index contributed by atoms with van der Waals surface area (Å²) in [4.78, 5) is 11.9. The van der Waals surface area contributed by atoms with Crippen molar-refractivity contribution in [3.8, 4) is 0 Å². The van der Waals surface area contributed by atoms with Crippen LogP contribution in [0, 0.1) is 5.92 Å². The van der Waals surface area contributed by atoms with Crippen LogP contribution in [-0.4, -0.2) is 5.91 Å². The Bertz CT molecular complexity index is 408. The second kappa shape index (κ2) is 6.44. The fourth-order valence-electron chi connectivity index (χ4n) is 2.49. The predicted octanol–water partition coefficient (Wildman–Crippen LogP) is 4.90. The highest BCUT2D eigenvalue weighted by Crippen LogP contribution is 2.27. The number of hydrogen-bond donors (Lipinski definition) is 1. The number of anilines is 1. The molecule has 0 bridgehead atoms. The van der Waals surface area contributed by atoms with Gasteiger partial charge in [-0.15, -0.1) is 0 Å². The number of nitrogens with one attached hydrogen (secondary N) is 1. The SMILES string of the molecule is O=C(CC1CCCCC1)Nc1cc(Cl)cc(Cl)c1. The average molecular weight is 286 g/mol. The van der Waals surface area contributed by atoms with E-state index in [1.54, 1.807) is 18.2 Å². The highest BCUT2D eigenvalue weighted by molar-refractivity contribution is 6.35. The smallest absolute Gasteiger partial charge is 0.224 e. The van der Waals surface area contributed by atoms with Gasteiger partial charge in [-0.3, -0.25) is 4.79 Å². The van der Waals surface area contributed by atoms with E-state index in [4.69, 9.17) is 23.2 Å². The summed E-state index contributed by atoms with van der Waals surface area (Å²) in [6.07, 6.45) is 6.75. The van der Waals surface area contributed by atoms with Gasteiger partial charge in [0.25, 0.3) is 0 Å². The Morgan fingerprint density at radius 3 is 2.33 bits per heavy atom. The van der Waals surface area contributed by atoms with Gasteiger partial charge < -0.3 is 5.32 Å². The molecule has 2 rings (SSSR count). The van der Waals surface area contributed by atoms with Gasteiger partial charge in [-0.25, -0.2) is 0 Å². The van der Waals surface area contributed by atoms with Gasteiger partial charge in [0.2, 0.25) is 5.91 Å². The van der Waals surface area contributed by atoms with E-state index in [0.717, 1.165) is 0 Å². The van der Waals surface area contributed by atoms with E-state index in [0.29, 0.717) is 28.1 Å². The molecule has 0 radical (unpaired) electrons. The van der Waals surface area contributed by atoms with Crippen LogP contribution in [0.2, 0.25) is 10.0 Å². The van der Waals surface area contributed by atoms with Crippen molar-refractivity contribution < 1.29 is 4.79 Å². The molecule has 0 aromatic heterocycles. The molecule has 0 saturated heterocycles. The first kappa shape index (κ1) is 13.7. The van der Waals surface area contributed by atoms with E-state index in [2.05, 4.69) is 5.32 Å². The van der Waals surface area contributed by atoms with Gasteiger partial charge in [0.05, 0.1) is 0 Å². The third-order valence-electron chi connectivity index (χ3n) is 3.35. The van der Waals surface area contributed by atoms with Crippen molar-refractivity contribution in [2.45, 2.75) is 38.5 Å². The van der Waals surface area contributed by atoms with Gasteiger partial charge in [0.15, 0.2) is 0 Å². The lowest BCUT2D eigenvalue weighted by molar-refractivity contribution is -0.117. The molecule has 1 aliphatic rings. The molecule has 0 heterocycles. The lowest BCUT2D eigenvalue weighted by atomic mass is 9.87. The standard InChI is InChI=1S/C14H17Cl2NO/c15-11-7-12(16)9-13(8-11)17-14(18)6-10-4-2-1-3-5-10/h7-10H,1-6H2,(H,17,18). The molecule has 1 fully saturated rings. The highest BCUT2D eigenvalue weighted by atomic mass is 35.5. The minimum absolute atomic E-state index is 0.0558. The Kier molecular flexibility index (Phi) is 4.90. The van der Waals surface area contributed by atoms with Gasteiger partial charge in [-0.1, -0.05) is 42.5 Å². The Morgan fingerprint density at radius 2 is 1.72 bits per heavy atom. The molecule has 2 nitrogen and oxygen atoms in total. The normalized spacial score (nSPS) is 16.6. The fraction of sp³-hybridized carbons (Fsp3) is 0.500. The van der Waals surface area contributed by atoms with Gasteiger partial charge in [0, 0.05) is 22.2 Å². The van der Waals surface area contributed by atoms with Crippen LogP contribution in [0.5, 0.6) is 0 Å². The first-order chi connectivity index (χ1) is 8.63. The third kappa shape index (κ3) is 4.18. The molecule has 1 aromatic carbocycles. The van der Waals surface area contributed by atoms with Crippen LogP contribution in [-0.2, 0) is 4.79 Å². The summed E-state index contributed by atoms with van der Waals surface area (Å²) in [7, 11) is 0. The van der Waals surface area contributed by atoms with Crippen LogP contribution in [0.1, 0.15) is 38.5 Å². The summed E-state index contributed by atoms with van der Waals surface area (Å²) in [5.74, 6) is 0.591. The molecule has 0 spiro atoms. The van der Waals surface area contributed by atoms with Crippen molar-refractivity contribution >= 4 is 34.8 Å². The number of rotatable bonds is 3. The monoisotopic (exact) mass is 285 g/mol. The van der Waals surface area contributed by atoms with E-state index in [1.165, 1.54) is 32.1 Å². The quantitative estimate of drug-likeness (QED) is 0.841. The van der Waals surface area contributed by atoms with Crippen LogP contribution < -0.4 is 5.32 Å². The third-order valence-corrected chi connectivity index (χ3v) is 3.78. The molecule has 18 heavy (non-hydrogen) atoms. The maximum Gasteiger partial charge on any atom is 0.224 e. The van der Waals surface area contributed by atoms with Crippen molar-refractivity contribution in [2.24, 2.45) is 5.92 Å². The minimum Gasteiger partial charge on any atom is -0.326 e. The zero-order valence-electron chi connectivity index (χ0n) is 10.2. The van der Waals surface area contributed by atoms with E-state index in [9.17, 15) is 4.79 Å². The van der Waals surface area contributed by atoms with E-state index in [-0.39, 0.29) is 5.91 Å². The predicted molar refractivity (Wildman–Crippen MR) is 76.3 cm³/mol. The van der Waals surface area contributed by atoms with E-state index in [1.807, 2.05) is 0 Å².